The van der Waals surface area contributed by atoms with Gasteiger partial charge >= 0.3 is 5.97 Å². The third-order valence-corrected chi connectivity index (χ3v) is 4.43. The molecule has 1 aromatic rings. The van der Waals surface area contributed by atoms with Crippen LogP contribution < -0.4 is 0 Å². The molecule has 0 amide bonds. The lowest BCUT2D eigenvalue weighted by atomic mass is 9.92. The summed E-state index contributed by atoms with van der Waals surface area (Å²) in [6.07, 6.45) is 4.10. The van der Waals surface area contributed by atoms with Gasteiger partial charge in [-0.1, -0.05) is 13.8 Å². The largest absolute Gasteiger partial charge is 0.481 e. The van der Waals surface area contributed by atoms with Crippen molar-refractivity contribution in [2.75, 3.05) is 13.1 Å². The summed E-state index contributed by atoms with van der Waals surface area (Å²) in [5.74, 6) is 1.14. The van der Waals surface area contributed by atoms with Gasteiger partial charge in [0.05, 0.1) is 11.6 Å². The Kier molecular flexibility index (Phi) is 3.54. The van der Waals surface area contributed by atoms with Gasteiger partial charge in [-0.15, -0.1) is 0 Å². The van der Waals surface area contributed by atoms with E-state index in [1.54, 1.807) is 6.26 Å². The summed E-state index contributed by atoms with van der Waals surface area (Å²) in [5.41, 5.74) is 0.911. The molecule has 1 aliphatic carbocycles. The molecule has 2 fully saturated rings. The molecule has 1 N–H and O–H groups in total. The van der Waals surface area contributed by atoms with Gasteiger partial charge in [-0.25, -0.2) is 4.98 Å². The van der Waals surface area contributed by atoms with E-state index in [9.17, 15) is 9.90 Å². The number of hydrogen-bond donors (Lipinski definition) is 1. The average Bonchev–Trinajstić information content (AvgIpc) is 2.97. The minimum atomic E-state index is -0.646. The smallest absolute Gasteiger partial charge is 0.308 e. The average molecular weight is 278 g/mol. The van der Waals surface area contributed by atoms with Crippen LogP contribution >= 0.6 is 0 Å². The normalized spacial score (nSPS) is 27.4. The SMILES string of the molecule is CC(C)c1nc(CN2C[C@H](C(=O)O)[C@@H](C3CC3)C2)co1. The van der Waals surface area contributed by atoms with Crippen LogP contribution in [0.1, 0.15) is 44.2 Å². The molecule has 1 saturated heterocycles. The lowest BCUT2D eigenvalue weighted by molar-refractivity contribution is -0.142. The zero-order valence-corrected chi connectivity index (χ0v) is 12.1. The Morgan fingerprint density at radius 3 is 2.80 bits per heavy atom. The van der Waals surface area contributed by atoms with E-state index in [1.165, 1.54) is 12.8 Å². The van der Waals surface area contributed by atoms with Crippen molar-refractivity contribution in [3.05, 3.63) is 17.8 Å². The first kappa shape index (κ1) is 13.6. The third-order valence-electron chi connectivity index (χ3n) is 4.43. The summed E-state index contributed by atoms with van der Waals surface area (Å²) in [6, 6.07) is 0. The Morgan fingerprint density at radius 2 is 2.25 bits per heavy atom. The monoisotopic (exact) mass is 278 g/mol. The molecule has 0 radical (unpaired) electrons. The Morgan fingerprint density at radius 1 is 1.50 bits per heavy atom. The first-order valence-electron chi connectivity index (χ1n) is 7.44. The number of aliphatic carboxylic acids is 1. The Balaban J connectivity index is 1.64. The molecular weight excluding hydrogens is 256 g/mol. The molecule has 20 heavy (non-hydrogen) atoms. The highest BCUT2D eigenvalue weighted by Crippen LogP contribution is 2.44. The van der Waals surface area contributed by atoms with E-state index in [-0.39, 0.29) is 11.8 Å². The molecule has 2 aliphatic rings. The highest BCUT2D eigenvalue weighted by Gasteiger charge is 2.45. The van der Waals surface area contributed by atoms with E-state index in [0.717, 1.165) is 18.1 Å². The van der Waals surface area contributed by atoms with Gasteiger partial charge in [0.25, 0.3) is 0 Å². The van der Waals surface area contributed by atoms with Crippen LogP contribution in [0, 0.1) is 17.8 Å². The zero-order chi connectivity index (χ0) is 14.3. The van der Waals surface area contributed by atoms with E-state index < -0.39 is 5.97 Å². The maximum Gasteiger partial charge on any atom is 0.308 e. The number of rotatable bonds is 5. The summed E-state index contributed by atoms with van der Waals surface area (Å²) in [7, 11) is 0. The van der Waals surface area contributed by atoms with Crippen molar-refractivity contribution in [1.82, 2.24) is 9.88 Å². The summed E-state index contributed by atoms with van der Waals surface area (Å²) >= 11 is 0. The molecule has 110 valence electrons. The molecule has 0 unspecified atom stereocenters. The van der Waals surface area contributed by atoms with Crippen LogP contribution in [-0.4, -0.2) is 34.0 Å². The van der Waals surface area contributed by atoms with Crippen LogP contribution in [0.15, 0.2) is 10.7 Å². The highest BCUT2D eigenvalue weighted by molar-refractivity contribution is 5.71. The molecule has 2 heterocycles. The second kappa shape index (κ2) is 5.20. The van der Waals surface area contributed by atoms with Crippen LogP contribution in [0.3, 0.4) is 0 Å². The van der Waals surface area contributed by atoms with Gasteiger partial charge in [0, 0.05) is 25.6 Å². The molecule has 5 heteroatoms. The molecule has 1 aliphatic heterocycles. The van der Waals surface area contributed by atoms with Crippen molar-refractivity contribution in [3.63, 3.8) is 0 Å². The van der Waals surface area contributed by atoms with Crippen molar-refractivity contribution in [3.8, 4) is 0 Å². The summed E-state index contributed by atoms with van der Waals surface area (Å²) in [4.78, 5) is 18.1. The number of carbonyl (C=O) groups is 1. The van der Waals surface area contributed by atoms with Crippen LogP contribution in [0.4, 0.5) is 0 Å². The molecule has 0 aromatic carbocycles. The number of hydrogen-bond acceptors (Lipinski definition) is 4. The van der Waals surface area contributed by atoms with E-state index in [4.69, 9.17) is 4.42 Å². The fourth-order valence-corrected chi connectivity index (χ4v) is 3.20. The molecule has 2 atom stereocenters. The van der Waals surface area contributed by atoms with Crippen LogP contribution in [0.2, 0.25) is 0 Å². The van der Waals surface area contributed by atoms with Crippen LogP contribution in [0.25, 0.3) is 0 Å². The van der Waals surface area contributed by atoms with Gasteiger partial charge in [-0.05, 0) is 24.7 Å². The lowest BCUT2D eigenvalue weighted by Gasteiger charge is -2.13. The lowest BCUT2D eigenvalue weighted by Crippen LogP contribution is -2.24. The number of nitrogens with zero attached hydrogens (tertiary/aromatic N) is 2. The van der Waals surface area contributed by atoms with Crippen molar-refractivity contribution >= 4 is 5.97 Å². The van der Waals surface area contributed by atoms with Crippen LogP contribution in [0.5, 0.6) is 0 Å². The fourth-order valence-electron chi connectivity index (χ4n) is 3.20. The standard InChI is InChI=1S/C15H22N2O3/c1-9(2)14-16-11(8-20-14)5-17-6-12(10-3-4-10)13(7-17)15(18)19/h8-10,12-13H,3-7H2,1-2H3,(H,18,19)/t12-,13+/m1/s1. The Hall–Kier alpha value is -1.36. The Labute approximate surface area is 119 Å². The number of oxazole rings is 1. The van der Waals surface area contributed by atoms with Crippen LogP contribution in [-0.2, 0) is 11.3 Å². The van der Waals surface area contributed by atoms with Gasteiger partial charge in [0.15, 0.2) is 5.89 Å². The van der Waals surface area contributed by atoms with Gasteiger partial charge in [0.1, 0.15) is 6.26 Å². The quantitative estimate of drug-likeness (QED) is 0.895. The summed E-state index contributed by atoms with van der Waals surface area (Å²) in [6.45, 7) is 6.32. The predicted molar refractivity (Wildman–Crippen MR) is 73.2 cm³/mol. The molecule has 1 aromatic heterocycles. The first-order chi connectivity index (χ1) is 9.54. The van der Waals surface area contributed by atoms with Crippen molar-refractivity contribution in [2.24, 2.45) is 17.8 Å². The van der Waals surface area contributed by atoms with Crippen molar-refractivity contribution in [1.29, 1.82) is 0 Å². The number of carboxylic acid groups (broad SMARTS) is 1. The first-order valence-corrected chi connectivity index (χ1v) is 7.44. The maximum absolute atomic E-state index is 11.4. The van der Waals surface area contributed by atoms with Gasteiger partial charge < -0.3 is 9.52 Å². The van der Waals surface area contributed by atoms with E-state index in [2.05, 4.69) is 23.7 Å². The van der Waals surface area contributed by atoms with E-state index >= 15 is 0 Å². The predicted octanol–water partition coefficient (Wildman–Crippen LogP) is 2.34. The number of carboxylic acids is 1. The summed E-state index contributed by atoms with van der Waals surface area (Å²) in [5, 5.41) is 9.36. The number of likely N-dealkylation sites (tertiary alicyclic amines) is 1. The third kappa shape index (κ3) is 2.73. The fraction of sp³-hybridized carbons (Fsp3) is 0.733. The van der Waals surface area contributed by atoms with E-state index in [1.807, 2.05) is 0 Å². The molecule has 1 saturated carbocycles. The zero-order valence-electron chi connectivity index (χ0n) is 12.1. The molecular formula is C15H22N2O3. The molecule has 0 spiro atoms. The second-order valence-electron chi connectivity index (χ2n) is 6.47. The van der Waals surface area contributed by atoms with Gasteiger partial charge in [-0.3, -0.25) is 9.69 Å². The van der Waals surface area contributed by atoms with E-state index in [0.29, 0.717) is 24.9 Å². The van der Waals surface area contributed by atoms with Gasteiger partial charge in [-0.2, -0.15) is 0 Å². The van der Waals surface area contributed by atoms with Gasteiger partial charge in [0.2, 0.25) is 0 Å². The van der Waals surface area contributed by atoms with Crippen molar-refractivity contribution < 1.29 is 14.3 Å². The minimum absolute atomic E-state index is 0.209. The topological polar surface area (TPSA) is 66.6 Å². The highest BCUT2D eigenvalue weighted by atomic mass is 16.4. The maximum atomic E-state index is 11.4. The second-order valence-corrected chi connectivity index (χ2v) is 6.47. The summed E-state index contributed by atoms with van der Waals surface area (Å²) < 4.78 is 5.44. The molecule has 0 bridgehead atoms. The Bertz CT molecular complexity index is 493. The molecule has 5 nitrogen and oxygen atoms in total. The van der Waals surface area contributed by atoms with Crippen molar-refractivity contribution in [2.45, 2.75) is 39.2 Å². The molecule has 3 rings (SSSR count). The number of aromatic nitrogens is 1. The minimum Gasteiger partial charge on any atom is -0.481 e.